The molecular formula is C23H27F2N2O4+. The summed E-state index contributed by atoms with van der Waals surface area (Å²) >= 11 is 0. The van der Waals surface area contributed by atoms with Gasteiger partial charge in [-0.3, -0.25) is 0 Å². The van der Waals surface area contributed by atoms with Crippen LogP contribution in [-0.4, -0.2) is 49.4 Å². The van der Waals surface area contributed by atoms with E-state index in [1.165, 1.54) is 12.1 Å². The summed E-state index contributed by atoms with van der Waals surface area (Å²) in [6, 6.07) is 11.8. The molecule has 0 fully saturated rings. The summed E-state index contributed by atoms with van der Waals surface area (Å²) in [7, 11) is 3.23. The van der Waals surface area contributed by atoms with E-state index in [1.807, 2.05) is 22.8 Å². The van der Waals surface area contributed by atoms with Gasteiger partial charge in [-0.25, -0.2) is 9.48 Å². The molecule has 4 rings (SSSR count). The number of methoxy groups -OCH3 is 2. The molecule has 0 radical (unpaired) electrons. The van der Waals surface area contributed by atoms with Gasteiger partial charge < -0.3 is 19.3 Å². The van der Waals surface area contributed by atoms with Crippen LogP contribution in [0.1, 0.15) is 31.2 Å². The SMILES string of the molecule is COc1ccc(OC)c(N2C[C@@](O)(c3ccc(OC(F)F)cc3)[N+]3=C2CCCCC3)c1. The fraction of sp³-hybridized carbons (Fsp3) is 0.435. The zero-order valence-electron chi connectivity index (χ0n) is 17.7. The summed E-state index contributed by atoms with van der Waals surface area (Å²) in [6.45, 7) is -1.91. The molecule has 31 heavy (non-hydrogen) atoms. The maximum atomic E-state index is 12.5. The Kier molecular flexibility index (Phi) is 6.00. The van der Waals surface area contributed by atoms with E-state index in [9.17, 15) is 13.9 Å². The lowest BCUT2D eigenvalue weighted by Gasteiger charge is -2.24. The average molecular weight is 433 g/mol. The summed E-state index contributed by atoms with van der Waals surface area (Å²) in [5.41, 5.74) is 0.132. The molecule has 8 heteroatoms. The highest BCUT2D eigenvalue weighted by Gasteiger charge is 2.52. The molecule has 2 aromatic carbocycles. The third kappa shape index (κ3) is 4.04. The molecule has 6 nitrogen and oxygen atoms in total. The number of halogens is 2. The van der Waals surface area contributed by atoms with Gasteiger partial charge in [-0.2, -0.15) is 8.78 Å². The molecule has 0 aliphatic carbocycles. The van der Waals surface area contributed by atoms with Gasteiger partial charge in [0, 0.05) is 18.1 Å². The third-order valence-electron chi connectivity index (χ3n) is 5.95. The highest BCUT2D eigenvalue weighted by atomic mass is 19.3. The molecule has 0 amide bonds. The lowest BCUT2D eigenvalue weighted by Crippen LogP contribution is -2.41. The number of rotatable bonds is 6. The van der Waals surface area contributed by atoms with Crippen molar-refractivity contribution in [2.45, 2.75) is 38.0 Å². The molecule has 0 spiro atoms. The Hall–Kier alpha value is -2.87. The molecule has 0 unspecified atom stereocenters. The monoisotopic (exact) mass is 433 g/mol. The van der Waals surface area contributed by atoms with Gasteiger partial charge in [-0.1, -0.05) is 0 Å². The second kappa shape index (κ2) is 8.70. The van der Waals surface area contributed by atoms with Crippen molar-refractivity contribution in [3.05, 3.63) is 48.0 Å². The van der Waals surface area contributed by atoms with Gasteiger partial charge in [0.15, 0.2) is 18.0 Å². The number of alkyl halides is 2. The fourth-order valence-corrected chi connectivity index (χ4v) is 4.45. The second-order valence-electron chi connectivity index (χ2n) is 7.72. The van der Waals surface area contributed by atoms with Crippen LogP contribution in [0, 0.1) is 0 Å². The molecule has 2 aromatic rings. The molecule has 2 aliphatic rings. The quantitative estimate of drug-likeness (QED) is 0.699. The van der Waals surface area contributed by atoms with E-state index in [-0.39, 0.29) is 12.3 Å². The van der Waals surface area contributed by atoms with E-state index in [0.29, 0.717) is 23.6 Å². The highest BCUT2D eigenvalue weighted by molar-refractivity contribution is 5.97. The molecule has 0 bridgehead atoms. The summed E-state index contributed by atoms with van der Waals surface area (Å²) in [5.74, 6) is 2.45. The minimum Gasteiger partial charge on any atom is -0.497 e. The topological polar surface area (TPSA) is 54.2 Å². The maximum Gasteiger partial charge on any atom is 0.387 e. The lowest BCUT2D eigenvalue weighted by atomic mass is 10.0. The number of nitrogens with zero attached hydrogens (tertiary/aromatic N) is 2. The van der Waals surface area contributed by atoms with Crippen LogP contribution in [0.3, 0.4) is 0 Å². The Morgan fingerprint density at radius 1 is 1.00 bits per heavy atom. The fourth-order valence-electron chi connectivity index (χ4n) is 4.45. The van der Waals surface area contributed by atoms with Gasteiger partial charge >= 0.3 is 6.61 Å². The van der Waals surface area contributed by atoms with Gasteiger partial charge in [0.25, 0.3) is 11.6 Å². The van der Waals surface area contributed by atoms with Gasteiger partial charge in [0.1, 0.15) is 11.5 Å². The summed E-state index contributed by atoms with van der Waals surface area (Å²) < 4.78 is 42.6. The van der Waals surface area contributed by atoms with Gasteiger partial charge in [0.2, 0.25) is 0 Å². The maximum absolute atomic E-state index is 12.5. The van der Waals surface area contributed by atoms with Crippen molar-refractivity contribution in [3.63, 3.8) is 0 Å². The first kappa shape index (κ1) is 21.4. The minimum absolute atomic E-state index is 0.0618. The van der Waals surface area contributed by atoms with Crippen LogP contribution in [0.15, 0.2) is 42.5 Å². The molecule has 2 heterocycles. The highest BCUT2D eigenvalue weighted by Crippen LogP contribution is 2.40. The van der Waals surface area contributed by atoms with Crippen LogP contribution in [0.2, 0.25) is 0 Å². The second-order valence-corrected chi connectivity index (χ2v) is 7.72. The summed E-state index contributed by atoms with van der Waals surface area (Å²) in [6.07, 6.45) is 3.86. The Labute approximate surface area is 180 Å². The molecule has 1 atom stereocenters. The molecule has 0 saturated heterocycles. The predicted molar refractivity (Wildman–Crippen MR) is 112 cm³/mol. The minimum atomic E-state index is -2.89. The largest absolute Gasteiger partial charge is 0.497 e. The van der Waals surface area contributed by atoms with Crippen LogP contribution in [0.4, 0.5) is 14.5 Å². The summed E-state index contributed by atoms with van der Waals surface area (Å²) in [5, 5.41) is 11.9. The Balaban J connectivity index is 1.77. The molecule has 0 saturated carbocycles. The van der Waals surface area contributed by atoms with E-state index in [1.54, 1.807) is 26.4 Å². The van der Waals surface area contributed by atoms with Crippen molar-refractivity contribution in [2.75, 3.05) is 32.2 Å². The Bertz CT molecular complexity index is 965. The zero-order chi connectivity index (χ0) is 22.0. The zero-order valence-corrected chi connectivity index (χ0v) is 17.7. The van der Waals surface area contributed by atoms with Crippen molar-refractivity contribution in [2.24, 2.45) is 0 Å². The standard InChI is InChI=1S/C23H27F2N2O4/c1-29-18-11-12-20(30-2)19(14-18)26-15-23(28,27-13-5-3-4-6-21(26)27)16-7-9-17(10-8-16)31-22(24)25/h7-12,14,22,28H,3-6,13,15H2,1-2H3/q+1/t23-/m1/s1. The third-order valence-corrected chi connectivity index (χ3v) is 5.95. The number of benzene rings is 2. The van der Waals surface area contributed by atoms with E-state index < -0.39 is 12.3 Å². The van der Waals surface area contributed by atoms with Gasteiger partial charge in [-0.05, 0) is 55.7 Å². The van der Waals surface area contributed by atoms with Crippen LogP contribution in [0.5, 0.6) is 17.2 Å². The molecule has 1 N–H and O–H groups in total. The van der Waals surface area contributed by atoms with Crippen molar-refractivity contribution in [3.8, 4) is 17.2 Å². The van der Waals surface area contributed by atoms with Crippen LogP contribution in [-0.2, 0) is 5.72 Å². The number of hydrogen-bond donors (Lipinski definition) is 1. The number of aliphatic hydroxyl groups is 1. The molecular weight excluding hydrogens is 406 g/mol. The Morgan fingerprint density at radius 3 is 2.42 bits per heavy atom. The number of ether oxygens (including phenoxy) is 3. The smallest absolute Gasteiger partial charge is 0.387 e. The first-order valence-electron chi connectivity index (χ1n) is 10.4. The number of anilines is 1. The van der Waals surface area contributed by atoms with E-state index in [4.69, 9.17) is 9.47 Å². The van der Waals surface area contributed by atoms with Gasteiger partial charge in [0.05, 0.1) is 20.8 Å². The first-order chi connectivity index (χ1) is 15.0. The number of amidine groups is 1. The van der Waals surface area contributed by atoms with Gasteiger partial charge in [-0.15, -0.1) is 0 Å². The van der Waals surface area contributed by atoms with Crippen LogP contribution >= 0.6 is 0 Å². The average Bonchev–Trinajstić information content (AvgIpc) is 2.92. The molecule has 0 aromatic heterocycles. The van der Waals surface area contributed by atoms with Crippen LogP contribution < -0.4 is 19.1 Å². The van der Waals surface area contributed by atoms with Crippen LogP contribution in [0.25, 0.3) is 0 Å². The van der Waals surface area contributed by atoms with Crippen molar-refractivity contribution in [1.29, 1.82) is 0 Å². The summed E-state index contributed by atoms with van der Waals surface area (Å²) in [4.78, 5) is 2.08. The number of hydrogen-bond acceptors (Lipinski definition) is 5. The van der Waals surface area contributed by atoms with E-state index >= 15 is 0 Å². The normalized spacial score (nSPS) is 21.2. The van der Waals surface area contributed by atoms with E-state index in [0.717, 1.165) is 37.2 Å². The predicted octanol–water partition coefficient (Wildman–Crippen LogP) is 3.96. The van der Waals surface area contributed by atoms with E-state index in [2.05, 4.69) is 9.64 Å². The first-order valence-corrected chi connectivity index (χ1v) is 10.4. The van der Waals surface area contributed by atoms with Crippen molar-refractivity contribution >= 4 is 11.5 Å². The van der Waals surface area contributed by atoms with Crippen molar-refractivity contribution in [1.82, 2.24) is 0 Å². The lowest BCUT2D eigenvalue weighted by molar-refractivity contribution is -0.658. The molecule has 2 aliphatic heterocycles. The number of β-amino-alcohol motifs (C(OH)–C–C–N with tert-alkyl or cyclic N) is 1. The molecule has 166 valence electrons. The Morgan fingerprint density at radius 2 is 1.74 bits per heavy atom. The van der Waals surface area contributed by atoms with Crippen molar-refractivity contribution < 1.29 is 32.7 Å².